The van der Waals surface area contributed by atoms with Crippen molar-refractivity contribution in [3.05, 3.63) is 34.6 Å². The molecule has 0 spiro atoms. The molecule has 0 N–H and O–H groups in total. The van der Waals surface area contributed by atoms with Crippen LogP contribution in [0.5, 0.6) is 0 Å². The number of benzene rings is 1. The first-order valence-electron chi connectivity index (χ1n) is 7.95. The average Bonchev–Trinajstić information content (AvgIpc) is 2.53. The van der Waals surface area contributed by atoms with Gasteiger partial charge in [-0.1, -0.05) is 0 Å². The zero-order chi connectivity index (χ0) is 19.4. The van der Waals surface area contributed by atoms with Crippen LogP contribution in [0.1, 0.15) is 46.1 Å². The summed E-state index contributed by atoms with van der Waals surface area (Å²) in [6.45, 7) is 7.07. The number of ether oxygens (including phenoxy) is 2. The third kappa shape index (κ3) is 5.47. The molecule has 25 heavy (non-hydrogen) atoms. The Morgan fingerprint density at radius 2 is 1.20 bits per heavy atom. The highest BCUT2D eigenvalue weighted by molar-refractivity contribution is 5.98. The van der Waals surface area contributed by atoms with Gasteiger partial charge in [-0.15, -0.1) is 0 Å². The largest absolute Gasteiger partial charge is 0.380 e. The fraction of sp³-hybridized carbons (Fsp3) is 0.625. The molecule has 1 aromatic rings. The lowest BCUT2D eigenvalue weighted by Crippen LogP contribution is -2.42. The predicted octanol–water partition coefficient (Wildman–Crippen LogP) is 3.51. The van der Waals surface area contributed by atoms with Gasteiger partial charge in [0.05, 0.1) is 12.2 Å². The molecule has 0 unspecified atom stereocenters. The molecule has 0 atom stereocenters. The summed E-state index contributed by atoms with van der Waals surface area (Å²) in [6, 6.07) is 0. The Morgan fingerprint density at radius 3 is 1.56 bits per heavy atom. The quantitative estimate of drug-likeness (QED) is 0.214. The maximum Gasteiger partial charge on any atom is 0.273 e. The molecule has 0 aliphatic rings. The third-order valence-electron chi connectivity index (χ3n) is 3.35. The van der Waals surface area contributed by atoms with Crippen LogP contribution in [0.25, 0.3) is 0 Å². The van der Waals surface area contributed by atoms with Gasteiger partial charge >= 0.3 is 0 Å². The molecule has 1 rings (SSSR count). The van der Waals surface area contributed by atoms with Crippen molar-refractivity contribution in [2.45, 2.75) is 65.1 Å². The van der Waals surface area contributed by atoms with Crippen molar-refractivity contribution in [2.75, 3.05) is 0 Å². The maximum absolute atomic E-state index is 13.7. The van der Waals surface area contributed by atoms with E-state index in [-0.39, 0.29) is 42.0 Å². The molecular formula is C16H23F5O3Si. The van der Waals surface area contributed by atoms with E-state index in [1.807, 2.05) is 0 Å². The molecule has 1 aromatic carbocycles. The molecule has 0 radical (unpaired) electrons. The second-order valence-electron chi connectivity index (χ2n) is 6.12. The molecule has 0 saturated carbocycles. The first kappa shape index (κ1) is 22.0. The Balaban J connectivity index is 2.96. The summed E-state index contributed by atoms with van der Waals surface area (Å²) < 4.78 is 83.7. The Labute approximate surface area is 147 Å². The van der Waals surface area contributed by atoms with Gasteiger partial charge in [0.2, 0.25) is 5.82 Å². The molecule has 0 amide bonds. The Hall–Kier alpha value is -1.03. The molecule has 0 aliphatic heterocycles. The fourth-order valence-corrected chi connectivity index (χ4v) is 2.81. The number of hydrogen-bond donors (Lipinski definition) is 0. The van der Waals surface area contributed by atoms with Crippen molar-refractivity contribution < 1.29 is 35.9 Å². The van der Waals surface area contributed by atoms with Crippen LogP contribution in [0.3, 0.4) is 0 Å². The zero-order valence-electron chi connectivity index (χ0n) is 14.9. The van der Waals surface area contributed by atoms with Crippen LogP contribution >= 0.6 is 0 Å². The summed E-state index contributed by atoms with van der Waals surface area (Å²) in [7, 11) is 0.269. The van der Waals surface area contributed by atoms with Crippen molar-refractivity contribution in [3.63, 3.8) is 0 Å². The lowest BCUT2D eigenvalue weighted by Gasteiger charge is -2.36. The standard InChI is InChI=1S/C16H23F5O3Si/c1-8(2)22-16(24-25,23-9(3)4)7-5-6-10-11(17)13(19)15(21)14(20)12(10)18/h8-9H,5-7H2,1-4,25H3. The van der Waals surface area contributed by atoms with Gasteiger partial charge in [-0.05, 0) is 40.5 Å². The summed E-state index contributed by atoms with van der Waals surface area (Å²) in [5.41, 5.74) is -0.854. The molecule has 9 heteroatoms. The van der Waals surface area contributed by atoms with E-state index in [4.69, 9.17) is 13.9 Å². The molecule has 3 nitrogen and oxygen atoms in total. The van der Waals surface area contributed by atoms with Crippen LogP contribution in [0.15, 0.2) is 0 Å². The summed E-state index contributed by atoms with van der Waals surface area (Å²) in [5, 5.41) is 0. The van der Waals surface area contributed by atoms with Crippen molar-refractivity contribution in [1.29, 1.82) is 0 Å². The van der Waals surface area contributed by atoms with Crippen molar-refractivity contribution in [2.24, 2.45) is 0 Å². The van der Waals surface area contributed by atoms with Gasteiger partial charge in [0, 0.05) is 12.0 Å². The van der Waals surface area contributed by atoms with Gasteiger partial charge in [-0.2, -0.15) is 0 Å². The SMILES string of the molecule is CC(C)OC(CCCc1c(F)c(F)c(F)c(F)c1F)(O[SiH3])OC(C)C. The Bertz CT molecular complexity index is 557. The van der Waals surface area contributed by atoms with Crippen molar-refractivity contribution >= 4 is 10.5 Å². The molecule has 0 aliphatic carbocycles. The topological polar surface area (TPSA) is 27.7 Å². The highest BCUT2D eigenvalue weighted by atomic mass is 28.2. The average molecular weight is 386 g/mol. The van der Waals surface area contributed by atoms with Crippen LogP contribution in [-0.4, -0.2) is 28.7 Å². The first-order valence-corrected chi connectivity index (χ1v) is 8.77. The van der Waals surface area contributed by atoms with E-state index in [0.717, 1.165) is 0 Å². The van der Waals surface area contributed by atoms with Gasteiger partial charge in [0.25, 0.3) is 5.97 Å². The normalized spacial score (nSPS) is 12.6. The minimum atomic E-state index is -2.16. The van der Waals surface area contributed by atoms with E-state index in [9.17, 15) is 22.0 Å². The lowest BCUT2D eigenvalue weighted by atomic mass is 10.0. The van der Waals surface area contributed by atoms with Gasteiger partial charge in [-0.3, -0.25) is 0 Å². The number of rotatable bonds is 9. The van der Waals surface area contributed by atoms with Crippen LogP contribution in [0, 0.1) is 29.1 Å². The second-order valence-corrected chi connectivity index (χ2v) is 6.53. The Kier molecular flexibility index (Phi) is 7.98. The third-order valence-corrected chi connectivity index (χ3v) is 3.97. The number of hydrogen-bond acceptors (Lipinski definition) is 3. The first-order chi connectivity index (χ1) is 11.5. The molecule has 0 saturated heterocycles. The number of halogens is 5. The van der Waals surface area contributed by atoms with E-state index in [0.29, 0.717) is 0 Å². The smallest absolute Gasteiger partial charge is 0.273 e. The minimum absolute atomic E-state index is 0.0417. The molecule has 0 aromatic heterocycles. The van der Waals surface area contributed by atoms with E-state index in [2.05, 4.69) is 0 Å². The summed E-state index contributed by atoms with van der Waals surface area (Å²) >= 11 is 0. The van der Waals surface area contributed by atoms with Crippen LogP contribution in [0.2, 0.25) is 0 Å². The second kappa shape index (κ2) is 9.06. The van der Waals surface area contributed by atoms with E-state index < -0.39 is 40.6 Å². The van der Waals surface area contributed by atoms with E-state index in [1.54, 1.807) is 27.7 Å². The van der Waals surface area contributed by atoms with E-state index >= 15 is 0 Å². The van der Waals surface area contributed by atoms with Gasteiger partial charge in [0.1, 0.15) is 0 Å². The Morgan fingerprint density at radius 1 is 0.800 bits per heavy atom. The molecule has 144 valence electrons. The van der Waals surface area contributed by atoms with Crippen LogP contribution in [-0.2, 0) is 20.3 Å². The van der Waals surface area contributed by atoms with Gasteiger partial charge < -0.3 is 13.9 Å². The summed E-state index contributed by atoms with van der Waals surface area (Å²) in [6.07, 6.45) is -0.753. The molecule has 0 bridgehead atoms. The summed E-state index contributed by atoms with van der Waals surface area (Å²) in [5.74, 6) is -11.1. The molecule has 0 heterocycles. The predicted molar refractivity (Wildman–Crippen MR) is 85.4 cm³/mol. The van der Waals surface area contributed by atoms with Crippen LogP contribution < -0.4 is 0 Å². The lowest BCUT2D eigenvalue weighted by molar-refractivity contribution is -0.369. The maximum atomic E-state index is 13.7. The summed E-state index contributed by atoms with van der Waals surface area (Å²) in [4.78, 5) is 0. The zero-order valence-corrected chi connectivity index (χ0v) is 16.9. The molecular weight excluding hydrogens is 363 g/mol. The van der Waals surface area contributed by atoms with Crippen molar-refractivity contribution in [3.8, 4) is 0 Å². The monoisotopic (exact) mass is 386 g/mol. The van der Waals surface area contributed by atoms with Gasteiger partial charge in [0.15, 0.2) is 33.8 Å². The van der Waals surface area contributed by atoms with Crippen molar-refractivity contribution in [1.82, 2.24) is 0 Å². The highest BCUT2D eigenvalue weighted by Crippen LogP contribution is 2.28. The van der Waals surface area contributed by atoms with Crippen LogP contribution in [0.4, 0.5) is 22.0 Å². The molecule has 0 fully saturated rings. The highest BCUT2D eigenvalue weighted by Gasteiger charge is 2.34. The van der Waals surface area contributed by atoms with E-state index in [1.165, 1.54) is 0 Å². The van der Waals surface area contributed by atoms with Gasteiger partial charge in [-0.25, -0.2) is 22.0 Å². The minimum Gasteiger partial charge on any atom is -0.380 e. The fourth-order valence-electron chi connectivity index (χ4n) is 2.41.